The lowest BCUT2D eigenvalue weighted by molar-refractivity contribution is -0.145. The number of benzene rings is 1. The van der Waals surface area contributed by atoms with Crippen molar-refractivity contribution in [2.75, 3.05) is 4.90 Å². The van der Waals surface area contributed by atoms with Crippen LogP contribution in [0.1, 0.15) is 18.4 Å². The molecule has 0 bridgehead atoms. The number of aryl methyl sites for hydroxylation is 1. The molecule has 0 saturated carbocycles. The maximum Gasteiger partial charge on any atom is 0.333 e. The Labute approximate surface area is 148 Å². The topological polar surface area (TPSA) is 109 Å². The van der Waals surface area contributed by atoms with E-state index in [0.717, 1.165) is 10.5 Å². The van der Waals surface area contributed by atoms with Crippen LogP contribution in [0.3, 0.4) is 0 Å². The first-order valence-electron chi connectivity index (χ1n) is 7.91. The van der Waals surface area contributed by atoms with Crippen molar-refractivity contribution in [2.24, 2.45) is 0 Å². The second kappa shape index (κ2) is 7.14. The summed E-state index contributed by atoms with van der Waals surface area (Å²) in [6, 6.07) is 9.32. The third-order valence-electron chi connectivity index (χ3n) is 3.84. The summed E-state index contributed by atoms with van der Waals surface area (Å²) in [5, 5.41) is 18.8. The van der Waals surface area contributed by atoms with Crippen molar-refractivity contribution < 1.29 is 29.4 Å². The first-order valence-corrected chi connectivity index (χ1v) is 7.91. The molecule has 3 rings (SSSR count). The molecule has 0 aliphatic carbocycles. The smallest absolute Gasteiger partial charge is 0.333 e. The maximum absolute atomic E-state index is 11.8. The molecule has 1 aromatic heterocycles. The van der Waals surface area contributed by atoms with E-state index >= 15 is 0 Å². The van der Waals surface area contributed by atoms with Gasteiger partial charge in [-0.3, -0.25) is 9.59 Å². The van der Waals surface area contributed by atoms with E-state index < -0.39 is 5.97 Å². The quantitative estimate of drug-likeness (QED) is 0.755. The molecule has 0 spiro atoms. The first-order chi connectivity index (χ1) is 12.5. The fourth-order valence-electron chi connectivity index (χ4n) is 2.55. The number of aromatic nitrogens is 1. The van der Waals surface area contributed by atoms with E-state index in [2.05, 4.69) is 0 Å². The van der Waals surface area contributed by atoms with Crippen molar-refractivity contribution in [3.05, 3.63) is 54.1 Å². The Morgan fingerprint density at radius 1 is 0.923 bits per heavy atom. The molecule has 0 atom stereocenters. The van der Waals surface area contributed by atoms with Crippen LogP contribution in [-0.2, 0) is 20.8 Å². The maximum atomic E-state index is 11.8. The van der Waals surface area contributed by atoms with Crippen molar-refractivity contribution >= 4 is 23.5 Å². The van der Waals surface area contributed by atoms with Crippen LogP contribution in [0, 0.1) is 0 Å². The molecule has 0 saturated heterocycles. The lowest BCUT2D eigenvalue weighted by atomic mass is 10.1. The highest BCUT2D eigenvalue weighted by Crippen LogP contribution is 2.21. The molecular formula is C18H16N2O6. The summed E-state index contributed by atoms with van der Waals surface area (Å²) in [5.74, 6) is -2.08. The number of nitrogens with zero attached hydrogens (tertiary/aromatic N) is 2. The number of anilines is 1. The van der Waals surface area contributed by atoms with Gasteiger partial charge in [0.05, 0.1) is 5.69 Å². The molecule has 1 aromatic carbocycles. The van der Waals surface area contributed by atoms with Crippen LogP contribution in [-0.4, -0.2) is 32.7 Å². The number of aromatic hydroxyl groups is 2. The van der Waals surface area contributed by atoms with Crippen LogP contribution in [0.5, 0.6) is 11.8 Å². The van der Waals surface area contributed by atoms with Gasteiger partial charge in [0.25, 0.3) is 11.8 Å². The number of imide groups is 1. The molecule has 8 nitrogen and oxygen atoms in total. The lowest BCUT2D eigenvalue weighted by Crippen LogP contribution is -2.29. The monoisotopic (exact) mass is 356 g/mol. The number of amides is 2. The summed E-state index contributed by atoms with van der Waals surface area (Å²) >= 11 is 0. The van der Waals surface area contributed by atoms with Gasteiger partial charge in [0.1, 0.15) is 0 Å². The summed E-state index contributed by atoms with van der Waals surface area (Å²) < 4.78 is 0.648. The van der Waals surface area contributed by atoms with E-state index in [1.165, 1.54) is 24.3 Å². The van der Waals surface area contributed by atoms with Gasteiger partial charge in [-0.25, -0.2) is 9.69 Å². The van der Waals surface area contributed by atoms with E-state index in [9.17, 15) is 24.6 Å². The van der Waals surface area contributed by atoms with Gasteiger partial charge >= 0.3 is 5.97 Å². The fourth-order valence-corrected chi connectivity index (χ4v) is 2.55. The normalized spacial score (nSPS) is 13.5. The van der Waals surface area contributed by atoms with Crippen LogP contribution in [0.15, 0.2) is 48.6 Å². The first kappa shape index (κ1) is 17.3. The predicted molar refractivity (Wildman–Crippen MR) is 90.4 cm³/mol. The molecule has 2 heterocycles. The van der Waals surface area contributed by atoms with Crippen molar-refractivity contribution in [3.8, 4) is 11.8 Å². The van der Waals surface area contributed by atoms with Crippen LogP contribution in [0.2, 0.25) is 0 Å². The molecule has 8 heteroatoms. The zero-order valence-electron chi connectivity index (χ0n) is 13.7. The average molecular weight is 356 g/mol. The number of hydrogen-bond donors (Lipinski definition) is 2. The van der Waals surface area contributed by atoms with E-state index in [4.69, 9.17) is 4.84 Å². The highest BCUT2D eigenvalue weighted by Gasteiger charge is 2.24. The summed E-state index contributed by atoms with van der Waals surface area (Å²) in [6.07, 6.45) is 3.61. The van der Waals surface area contributed by atoms with E-state index in [0.29, 0.717) is 23.3 Å². The van der Waals surface area contributed by atoms with Gasteiger partial charge in [0.15, 0.2) is 0 Å². The molecule has 0 radical (unpaired) electrons. The number of carbonyl (C=O) groups is 3. The highest BCUT2D eigenvalue weighted by molar-refractivity contribution is 6.28. The second-order valence-electron chi connectivity index (χ2n) is 5.67. The Morgan fingerprint density at radius 2 is 1.50 bits per heavy atom. The van der Waals surface area contributed by atoms with Crippen molar-refractivity contribution in [2.45, 2.75) is 19.3 Å². The molecule has 134 valence electrons. The minimum atomic E-state index is -0.595. The summed E-state index contributed by atoms with van der Waals surface area (Å²) in [4.78, 5) is 40.9. The Kier molecular flexibility index (Phi) is 4.74. The number of hydrogen-bond acceptors (Lipinski definition) is 6. The Bertz CT molecular complexity index is 844. The zero-order valence-corrected chi connectivity index (χ0v) is 13.7. The van der Waals surface area contributed by atoms with Crippen LogP contribution < -0.4 is 9.74 Å². The molecule has 2 N–H and O–H groups in total. The summed E-state index contributed by atoms with van der Waals surface area (Å²) in [7, 11) is 0. The lowest BCUT2D eigenvalue weighted by Gasteiger charge is -2.14. The average Bonchev–Trinajstić information content (AvgIpc) is 3.11. The molecule has 0 fully saturated rings. The number of carbonyl (C=O) groups excluding carboxylic acids is 3. The van der Waals surface area contributed by atoms with E-state index in [1.54, 1.807) is 24.3 Å². The predicted octanol–water partition coefficient (Wildman–Crippen LogP) is 1.31. The van der Waals surface area contributed by atoms with Crippen molar-refractivity contribution in [1.29, 1.82) is 0 Å². The minimum absolute atomic E-state index is 0.0891. The standard InChI is InChI=1S/C18H16N2O6/c21-14-8-9-15(22)19(14)13-6-4-12(5-7-13)2-1-3-18(25)26-20-16(23)10-11-17(20)24/h4-11,23-24H,1-3H2. The number of rotatable bonds is 6. The third-order valence-corrected chi connectivity index (χ3v) is 3.84. The minimum Gasteiger partial charge on any atom is -0.492 e. The van der Waals surface area contributed by atoms with Crippen LogP contribution >= 0.6 is 0 Å². The van der Waals surface area contributed by atoms with Gasteiger partial charge in [-0.05, 0) is 30.5 Å². The second-order valence-corrected chi connectivity index (χ2v) is 5.67. The fraction of sp³-hybridized carbons (Fsp3) is 0.167. The molecule has 1 aliphatic rings. The van der Waals surface area contributed by atoms with Gasteiger partial charge in [-0.15, -0.1) is 4.73 Å². The van der Waals surface area contributed by atoms with E-state index in [-0.39, 0.29) is 30.0 Å². The van der Waals surface area contributed by atoms with Gasteiger partial charge < -0.3 is 15.1 Å². The van der Waals surface area contributed by atoms with Gasteiger partial charge in [-0.2, -0.15) is 0 Å². The van der Waals surface area contributed by atoms with Gasteiger partial charge in [0.2, 0.25) is 11.8 Å². The van der Waals surface area contributed by atoms with Gasteiger partial charge in [0, 0.05) is 30.7 Å². The summed E-state index contributed by atoms with van der Waals surface area (Å²) in [6.45, 7) is 0. The Hall–Kier alpha value is -3.55. The molecule has 26 heavy (non-hydrogen) atoms. The zero-order chi connectivity index (χ0) is 18.7. The molecule has 2 aromatic rings. The molecule has 2 amide bonds. The largest absolute Gasteiger partial charge is 0.492 e. The molecule has 1 aliphatic heterocycles. The van der Waals surface area contributed by atoms with Crippen LogP contribution in [0.25, 0.3) is 0 Å². The molecule has 0 unspecified atom stereocenters. The molecular weight excluding hydrogens is 340 g/mol. The van der Waals surface area contributed by atoms with Gasteiger partial charge in [-0.1, -0.05) is 12.1 Å². The summed E-state index contributed by atoms with van der Waals surface area (Å²) in [5.41, 5.74) is 1.42. The van der Waals surface area contributed by atoms with E-state index in [1.807, 2.05) is 0 Å². The van der Waals surface area contributed by atoms with Crippen molar-refractivity contribution in [1.82, 2.24) is 4.73 Å². The highest BCUT2D eigenvalue weighted by atomic mass is 16.7. The van der Waals surface area contributed by atoms with Crippen molar-refractivity contribution in [3.63, 3.8) is 0 Å². The Morgan fingerprint density at radius 3 is 2.08 bits per heavy atom. The Balaban J connectivity index is 1.50. The van der Waals surface area contributed by atoms with Crippen LogP contribution in [0.4, 0.5) is 5.69 Å². The third kappa shape index (κ3) is 3.59. The SMILES string of the molecule is O=C(CCCc1ccc(N2C(=O)C=CC2=O)cc1)On1c(O)ccc1O.